The molecule has 0 radical (unpaired) electrons. The number of nitrogens with zero attached hydrogens (tertiary/aromatic N) is 4. The Morgan fingerprint density at radius 2 is 1.79 bits per heavy atom. The number of rotatable bonds is 6. The van der Waals surface area contributed by atoms with Crippen LogP contribution in [0, 0.1) is 0 Å². The van der Waals surface area contributed by atoms with Gasteiger partial charge in [-0.3, -0.25) is 14.7 Å². The number of nitrogens with one attached hydrogen (secondary N) is 2. The van der Waals surface area contributed by atoms with Crippen molar-refractivity contribution in [1.29, 1.82) is 0 Å². The van der Waals surface area contributed by atoms with Crippen LogP contribution in [0.25, 0.3) is 11.3 Å². The quantitative estimate of drug-likeness (QED) is 0.588. The van der Waals surface area contributed by atoms with Gasteiger partial charge in [0.25, 0.3) is 5.91 Å². The van der Waals surface area contributed by atoms with Crippen LogP contribution < -0.4 is 15.5 Å². The maximum absolute atomic E-state index is 13.1. The number of ether oxygens (including phenoxy) is 1. The fourth-order valence-corrected chi connectivity index (χ4v) is 4.37. The molecular formula is C26H30N6O2. The average molecular weight is 459 g/mol. The molecule has 8 heteroatoms. The lowest BCUT2D eigenvalue weighted by molar-refractivity contribution is 0.0342. The topological polar surface area (TPSA) is 82.6 Å². The van der Waals surface area contributed by atoms with Crippen molar-refractivity contribution in [3.63, 3.8) is 0 Å². The van der Waals surface area contributed by atoms with Crippen molar-refractivity contribution in [2.24, 2.45) is 0 Å². The first-order valence-electron chi connectivity index (χ1n) is 11.8. The number of piperazine rings is 1. The van der Waals surface area contributed by atoms with Gasteiger partial charge in [0.05, 0.1) is 36.5 Å². The Morgan fingerprint density at radius 3 is 2.59 bits per heavy atom. The first kappa shape index (κ1) is 22.5. The number of hydrogen-bond donors (Lipinski definition) is 2. The molecule has 0 unspecified atom stereocenters. The molecule has 0 atom stereocenters. The minimum Gasteiger partial charge on any atom is -0.379 e. The minimum absolute atomic E-state index is 0.241. The van der Waals surface area contributed by atoms with Crippen molar-refractivity contribution in [3.8, 4) is 11.3 Å². The number of carbonyl (C=O) groups excluding carboxylic acids is 1. The van der Waals surface area contributed by atoms with Crippen LogP contribution in [0.4, 0.5) is 11.4 Å². The smallest absolute Gasteiger partial charge is 0.274 e. The molecular weight excluding hydrogens is 428 g/mol. The number of aromatic nitrogens is 2. The predicted molar refractivity (Wildman–Crippen MR) is 133 cm³/mol. The van der Waals surface area contributed by atoms with Gasteiger partial charge in [0, 0.05) is 57.6 Å². The average Bonchev–Trinajstić information content (AvgIpc) is 2.91. The highest BCUT2D eigenvalue weighted by Gasteiger charge is 2.17. The summed E-state index contributed by atoms with van der Waals surface area (Å²) in [6.07, 6.45) is 3.46. The third-order valence-electron chi connectivity index (χ3n) is 6.25. The van der Waals surface area contributed by atoms with Crippen molar-refractivity contribution in [3.05, 3.63) is 72.2 Å². The van der Waals surface area contributed by atoms with E-state index in [1.165, 1.54) is 5.56 Å². The zero-order valence-electron chi connectivity index (χ0n) is 19.2. The summed E-state index contributed by atoms with van der Waals surface area (Å²) in [5.74, 6) is -0.241. The van der Waals surface area contributed by atoms with Gasteiger partial charge in [0.15, 0.2) is 0 Å². The molecule has 34 heavy (non-hydrogen) atoms. The number of benzene rings is 1. The van der Waals surface area contributed by atoms with E-state index in [-0.39, 0.29) is 5.91 Å². The molecule has 0 spiro atoms. The Morgan fingerprint density at radius 1 is 1.00 bits per heavy atom. The van der Waals surface area contributed by atoms with Crippen LogP contribution in [0.5, 0.6) is 0 Å². The summed E-state index contributed by atoms with van der Waals surface area (Å²) in [6, 6.07) is 15.9. The summed E-state index contributed by atoms with van der Waals surface area (Å²) in [5, 5.41) is 6.37. The van der Waals surface area contributed by atoms with Crippen LogP contribution in [0.2, 0.25) is 0 Å². The summed E-state index contributed by atoms with van der Waals surface area (Å²) >= 11 is 0. The van der Waals surface area contributed by atoms with Gasteiger partial charge in [0.1, 0.15) is 5.69 Å². The molecule has 2 saturated heterocycles. The fourth-order valence-electron chi connectivity index (χ4n) is 4.37. The molecule has 4 heterocycles. The molecule has 0 saturated carbocycles. The van der Waals surface area contributed by atoms with Crippen LogP contribution in [0.15, 0.2) is 60.9 Å². The third kappa shape index (κ3) is 5.41. The minimum atomic E-state index is -0.241. The van der Waals surface area contributed by atoms with E-state index in [1.54, 1.807) is 18.5 Å². The Labute approximate surface area is 200 Å². The van der Waals surface area contributed by atoms with E-state index in [1.807, 2.05) is 18.2 Å². The highest BCUT2D eigenvalue weighted by molar-refractivity contribution is 6.04. The Balaban J connectivity index is 1.28. The molecule has 176 valence electrons. The van der Waals surface area contributed by atoms with Crippen LogP contribution in [-0.4, -0.2) is 73.3 Å². The second kappa shape index (κ2) is 10.7. The van der Waals surface area contributed by atoms with E-state index in [0.29, 0.717) is 11.4 Å². The monoisotopic (exact) mass is 458 g/mol. The van der Waals surface area contributed by atoms with Gasteiger partial charge in [-0.15, -0.1) is 0 Å². The summed E-state index contributed by atoms with van der Waals surface area (Å²) < 4.78 is 5.43. The fraction of sp³-hybridized carbons (Fsp3) is 0.346. The zero-order valence-corrected chi connectivity index (χ0v) is 19.2. The van der Waals surface area contributed by atoms with E-state index < -0.39 is 0 Å². The van der Waals surface area contributed by atoms with Crippen molar-refractivity contribution in [2.75, 3.05) is 62.7 Å². The van der Waals surface area contributed by atoms with Crippen molar-refractivity contribution in [2.45, 2.75) is 6.54 Å². The maximum Gasteiger partial charge on any atom is 0.274 e. The summed E-state index contributed by atoms with van der Waals surface area (Å²) in [7, 11) is 0. The van der Waals surface area contributed by atoms with Gasteiger partial charge in [-0.1, -0.05) is 30.3 Å². The van der Waals surface area contributed by atoms with Gasteiger partial charge in [-0.05, 0) is 23.8 Å². The van der Waals surface area contributed by atoms with Gasteiger partial charge in [-0.2, -0.15) is 0 Å². The van der Waals surface area contributed by atoms with Crippen LogP contribution in [-0.2, 0) is 11.3 Å². The molecule has 5 rings (SSSR count). The van der Waals surface area contributed by atoms with Gasteiger partial charge in [0.2, 0.25) is 0 Å². The van der Waals surface area contributed by atoms with E-state index in [9.17, 15) is 4.79 Å². The third-order valence-corrected chi connectivity index (χ3v) is 6.25. The molecule has 2 N–H and O–H groups in total. The predicted octanol–water partition coefficient (Wildman–Crippen LogP) is 2.64. The number of carbonyl (C=O) groups is 1. The van der Waals surface area contributed by atoms with E-state index >= 15 is 0 Å². The van der Waals surface area contributed by atoms with Gasteiger partial charge >= 0.3 is 0 Å². The molecule has 1 aromatic carbocycles. The molecule has 2 aliphatic rings. The highest BCUT2D eigenvalue weighted by atomic mass is 16.5. The highest BCUT2D eigenvalue weighted by Crippen LogP contribution is 2.26. The van der Waals surface area contributed by atoms with E-state index in [4.69, 9.17) is 4.74 Å². The second-order valence-corrected chi connectivity index (χ2v) is 8.58. The Kier molecular flexibility index (Phi) is 7.09. The van der Waals surface area contributed by atoms with E-state index in [0.717, 1.165) is 76.0 Å². The molecule has 2 aliphatic heterocycles. The molecule has 1 amide bonds. The van der Waals surface area contributed by atoms with Crippen LogP contribution in [0.1, 0.15) is 16.1 Å². The molecule has 0 aliphatic carbocycles. The lowest BCUT2D eigenvalue weighted by Crippen LogP contribution is -2.43. The first-order chi connectivity index (χ1) is 16.8. The van der Waals surface area contributed by atoms with Crippen molar-refractivity contribution < 1.29 is 9.53 Å². The Bertz CT molecular complexity index is 1110. The normalized spacial score (nSPS) is 16.9. The standard InChI is InChI=1S/C26H30N6O2/c33-26(30-24-18-28-9-8-25(24)32-12-10-27-11-13-32)23-3-1-2-22(29-23)21-6-4-20(5-7-21)19-31-14-16-34-17-15-31/h1-9,18,27H,10-17,19H2,(H,30,33). The molecule has 0 bridgehead atoms. The molecule has 3 aromatic rings. The number of pyridine rings is 2. The number of hydrogen-bond acceptors (Lipinski definition) is 7. The molecule has 2 fully saturated rings. The molecule has 2 aromatic heterocycles. The Hall–Kier alpha value is -3.33. The van der Waals surface area contributed by atoms with Crippen LogP contribution in [0.3, 0.4) is 0 Å². The zero-order chi connectivity index (χ0) is 23.2. The van der Waals surface area contributed by atoms with Gasteiger partial charge in [-0.25, -0.2) is 4.98 Å². The summed E-state index contributed by atoms with van der Waals surface area (Å²) in [4.78, 5) is 26.6. The molecule has 8 nitrogen and oxygen atoms in total. The van der Waals surface area contributed by atoms with Crippen molar-refractivity contribution >= 4 is 17.3 Å². The number of anilines is 2. The lowest BCUT2D eigenvalue weighted by Gasteiger charge is -2.30. The number of morpholine rings is 1. The van der Waals surface area contributed by atoms with Crippen molar-refractivity contribution in [1.82, 2.24) is 20.2 Å². The summed E-state index contributed by atoms with van der Waals surface area (Å²) in [6.45, 7) is 8.07. The van der Waals surface area contributed by atoms with E-state index in [2.05, 4.69) is 54.7 Å². The largest absolute Gasteiger partial charge is 0.379 e. The van der Waals surface area contributed by atoms with Gasteiger partial charge < -0.3 is 20.3 Å². The maximum atomic E-state index is 13.1. The number of amides is 1. The first-order valence-corrected chi connectivity index (χ1v) is 11.8. The lowest BCUT2D eigenvalue weighted by atomic mass is 10.1. The summed E-state index contributed by atoms with van der Waals surface area (Å²) in [5.41, 5.74) is 5.09. The second-order valence-electron chi connectivity index (χ2n) is 8.58. The van der Waals surface area contributed by atoms with Crippen LogP contribution >= 0.6 is 0 Å². The SMILES string of the molecule is O=C(Nc1cnccc1N1CCNCC1)c1cccc(-c2ccc(CN3CCOCC3)cc2)n1.